The van der Waals surface area contributed by atoms with Crippen molar-refractivity contribution in [3.05, 3.63) is 28.4 Å². The van der Waals surface area contributed by atoms with Crippen molar-refractivity contribution in [2.45, 2.75) is 12.5 Å². The van der Waals surface area contributed by atoms with Gasteiger partial charge in [0.1, 0.15) is 5.54 Å². The largest absolute Gasteiger partial charge is 0.369 e. The number of aliphatic imine (C=N–C) groups is 1. The average Bonchev–Trinajstić information content (AvgIpc) is 2.74. The summed E-state index contributed by atoms with van der Waals surface area (Å²) >= 11 is 1.24. The van der Waals surface area contributed by atoms with E-state index in [4.69, 9.17) is 12.3 Å². The number of hydrogen-bond acceptors (Lipinski definition) is 5. The monoisotopic (exact) mass is 284 g/mol. The van der Waals surface area contributed by atoms with Gasteiger partial charge >= 0.3 is 0 Å². The van der Waals surface area contributed by atoms with Crippen molar-refractivity contribution in [3.63, 3.8) is 0 Å². The van der Waals surface area contributed by atoms with Gasteiger partial charge in [0.2, 0.25) is 21.0 Å². The van der Waals surface area contributed by atoms with E-state index >= 15 is 0 Å². The maximum Gasteiger partial charge on any atom is 0.241 e. The van der Waals surface area contributed by atoms with E-state index in [1.54, 1.807) is 19.1 Å². The Kier molecular flexibility index (Phi) is 2.83. The molecular formula is C10H12N4O2S2. The van der Waals surface area contributed by atoms with E-state index < -0.39 is 15.6 Å². The van der Waals surface area contributed by atoms with Gasteiger partial charge in [0, 0.05) is 11.9 Å². The smallest absolute Gasteiger partial charge is 0.241 e. The molecule has 0 unspecified atom stereocenters. The molecule has 0 aliphatic carbocycles. The van der Waals surface area contributed by atoms with Gasteiger partial charge in [-0.25, -0.2) is 22.6 Å². The Balaban J connectivity index is 2.53. The summed E-state index contributed by atoms with van der Waals surface area (Å²) in [6.07, 6.45) is 0. The second-order valence-electron chi connectivity index (χ2n) is 4.22. The first-order chi connectivity index (χ1) is 8.28. The SMILES string of the molecule is [C-]#[N+]c1ccc([C@]2(C)CS(=O)(=O)N(C)C(N)=N2)s1. The molecule has 1 aromatic heterocycles. The molecule has 0 aromatic carbocycles. The topological polar surface area (TPSA) is 80.1 Å². The molecule has 0 amide bonds. The van der Waals surface area contributed by atoms with Crippen LogP contribution in [0.1, 0.15) is 11.8 Å². The second kappa shape index (κ2) is 3.96. The normalized spacial score (nSPS) is 26.5. The van der Waals surface area contributed by atoms with E-state index in [1.807, 2.05) is 0 Å². The third-order valence-corrected chi connectivity index (χ3v) is 5.98. The van der Waals surface area contributed by atoms with Crippen LogP contribution in [0.2, 0.25) is 0 Å². The van der Waals surface area contributed by atoms with Crippen molar-refractivity contribution in [1.29, 1.82) is 0 Å². The van der Waals surface area contributed by atoms with Crippen molar-refractivity contribution in [2.24, 2.45) is 10.7 Å². The first kappa shape index (κ1) is 12.9. The summed E-state index contributed by atoms with van der Waals surface area (Å²) in [7, 11) is -2.08. The van der Waals surface area contributed by atoms with Crippen molar-refractivity contribution >= 4 is 32.3 Å². The quantitative estimate of drug-likeness (QED) is 0.784. The summed E-state index contributed by atoms with van der Waals surface area (Å²) in [5.74, 6) is -0.170. The van der Waals surface area contributed by atoms with Gasteiger partial charge in [-0.05, 0) is 13.0 Å². The molecule has 8 heteroatoms. The van der Waals surface area contributed by atoms with E-state index in [9.17, 15) is 8.42 Å². The van der Waals surface area contributed by atoms with Crippen LogP contribution < -0.4 is 5.73 Å². The molecule has 0 bridgehead atoms. The summed E-state index contributed by atoms with van der Waals surface area (Å²) in [5, 5.41) is 0.510. The van der Waals surface area contributed by atoms with E-state index in [1.165, 1.54) is 18.4 Å². The molecule has 1 aliphatic rings. The van der Waals surface area contributed by atoms with E-state index in [0.717, 1.165) is 9.18 Å². The summed E-state index contributed by atoms with van der Waals surface area (Å²) < 4.78 is 24.9. The number of sulfonamides is 1. The number of rotatable bonds is 1. The fraction of sp³-hybridized carbons (Fsp3) is 0.400. The lowest BCUT2D eigenvalue weighted by molar-refractivity contribution is 0.482. The molecule has 0 radical (unpaired) electrons. The number of hydrogen-bond donors (Lipinski definition) is 1. The van der Waals surface area contributed by atoms with Crippen LogP contribution in [-0.2, 0) is 15.6 Å². The van der Waals surface area contributed by atoms with Crippen LogP contribution in [0.4, 0.5) is 5.00 Å². The van der Waals surface area contributed by atoms with Crippen LogP contribution in [-0.4, -0.2) is 31.5 Å². The van der Waals surface area contributed by atoms with Crippen molar-refractivity contribution < 1.29 is 8.42 Å². The number of nitrogens with zero attached hydrogens (tertiary/aromatic N) is 3. The highest BCUT2D eigenvalue weighted by Gasteiger charge is 2.40. The first-order valence-corrected chi connectivity index (χ1v) is 7.51. The van der Waals surface area contributed by atoms with Gasteiger partial charge in [0.15, 0.2) is 0 Å². The molecule has 96 valence electrons. The number of guanidine groups is 1. The van der Waals surface area contributed by atoms with Gasteiger partial charge in [-0.1, -0.05) is 6.07 Å². The molecule has 2 rings (SSSR count). The molecule has 1 atom stereocenters. The molecule has 2 N–H and O–H groups in total. The van der Waals surface area contributed by atoms with Crippen molar-refractivity contribution in [1.82, 2.24) is 4.31 Å². The molecule has 1 aromatic rings. The summed E-state index contributed by atoms with van der Waals surface area (Å²) in [5.41, 5.74) is 4.73. The second-order valence-corrected chi connectivity index (χ2v) is 7.28. The first-order valence-electron chi connectivity index (χ1n) is 5.08. The Morgan fingerprint density at radius 1 is 1.61 bits per heavy atom. The van der Waals surface area contributed by atoms with Gasteiger partial charge in [-0.3, -0.25) is 0 Å². The highest BCUT2D eigenvalue weighted by Crippen LogP contribution is 2.38. The minimum absolute atomic E-state index is 0.0264. The minimum atomic E-state index is -3.46. The summed E-state index contributed by atoms with van der Waals surface area (Å²) in [4.78, 5) is 8.30. The molecule has 0 fully saturated rings. The van der Waals surface area contributed by atoms with Crippen molar-refractivity contribution in [3.8, 4) is 0 Å². The van der Waals surface area contributed by atoms with Gasteiger partial charge in [-0.15, -0.1) is 0 Å². The van der Waals surface area contributed by atoms with Crippen LogP contribution in [0.15, 0.2) is 17.1 Å². The molecule has 1 aliphatic heterocycles. The number of nitrogens with two attached hydrogens (primary N) is 1. The third-order valence-electron chi connectivity index (χ3n) is 2.80. The third kappa shape index (κ3) is 1.95. The predicted molar refractivity (Wildman–Crippen MR) is 71.1 cm³/mol. The molecule has 18 heavy (non-hydrogen) atoms. The van der Waals surface area contributed by atoms with Crippen LogP contribution in [0, 0.1) is 6.57 Å². The zero-order chi connectivity index (χ0) is 13.6. The molecule has 2 heterocycles. The Labute approximate surface area is 110 Å². The van der Waals surface area contributed by atoms with Gasteiger partial charge in [-0.2, -0.15) is 11.3 Å². The Morgan fingerprint density at radius 2 is 2.28 bits per heavy atom. The lowest BCUT2D eigenvalue weighted by Crippen LogP contribution is -2.50. The maximum absolute atomic E-state index is 12.0. The fourth-order valence-electron chi connectivity index (χ4n) is 1.75. The minimum Gasteiger partial charge on any atom is -0.369 e. The van der Waals surface area contributed by atoms with Crippen LogP contribution in [0.5, 0.6) is 0 Å². The Bertz CT molecular complexity index is 656. The molecule has 0 saturated carbocycles. The number of thiophene rings is 1. The maximum atomic E-state index is 12.0. The van der Waals surface area contributed by atoms with Crippen LogP contribution in [0.25, 0.3) is 4.85 Å². The Morgan fingerprint density at radius 3 is 2.78 bits per heavy atom. The van der Waals surface area contributed by atoms with Crippen molar-refractivity contribution in [2.75, 3.05) is 12.8 Å². The lowest BCUT2D eigenvalue weighted by Gasteiger charge is -2.33. The summed E-state index contributed by atoms with van der Waals surface area (Å²) in [6, 6.07) is 3.39. The molecule has 0 saturated heterocycles. The van der Waals surface area contributed by atoms with E-state index in [-0.39, 0.29) is 11.7 Å². The standard InChI is InChI=1S/C10H12N4O2S2/c1-10(7-4-5-8(12-2)17-7)6-18(15,16)14(3)9(11)13-10/h4-5H,6H2,1,3H3,(H2,11,13)/t10-/m0/s1. The fourth-order valence-corrected chi connectivity index (χ4v) is 4.18. The highest BCUT2D eigenvalue weighted by atomic mass is 32.2. The highest BCUT2D eigenvalue weighted by molar-refractivity contribution is 7.89. The summed E-state index contributed by atoms with van der Waals surface area (Å²) in [6.45, 7) is 8.64. The zero-order valence-electron chi connectivity index (χ0n) is 9.91. The van der Waals surface area contributed by atoms with Gasteiger partial charge < -0.3 is 5.73 Å². The molecule has 0 spiro atoms. The Hall–Kier alpha value is -1.59. The molecular weight excluding hydrogens is 272 g/mol. The van der Waals surface area contributed by atoms with E-state index in [0.29, 0.717) is 5.00 Å². The molecule has 6 nitrogen and oxygen atoms in total. The van der Waals surface area contributed by atoms with E-state index in [2.05, 4.69) is 9.84 Å². The predicted octanol–water partition coefficient (Wildman–Crippen LogP) is 1.10. The zero-order valence-corrected chi connectivity index (χ0v) is 11.5. The average molecular weight is 284 g/mol. The van der Waals surface area contributed by atoms with Gasteiger partial charge in [0.05, 0.1) is 12.3 Å². The van der Waals surface area contributed by atoms with Gasteiger partial charge in [0.25, 0.3) is 0 Å². The van der Waals surface area contributed by atoms with Crippen LogP contribution in [0.3, 0.4) is 0 Å². The lowest BCUT2D eigenvalue weighted by atomic mass is 10.0. The van der Waals surface area contributed by atoms with Crippen LogP contribution >= 0.6 is 11.3 Å².